The van der Waals surface area contributed by atoms with E-state index in [1.54, 1.807) is 22.0 Å². The number of hydrogen-bond acceptors (Lipinski definition) is 5. The molecule has 0 aliphatic rings. The van der Waals surface area contributed by atoms with Gasteiger partial charge in [-0.2, -0.15) is 10.2 Å². The molecule has 4 aromatic rings. The average Bonchev–Trinajstić information content (AvgIpc) is 3.40. The summed E-state index contributed by atoms with van der Waals surface area (Å²) in [7, 11) is 0. The molecule has 0 saturated heterocycles. The third kappa shape index (κ3) is 4.19. The van der Waals surface area contributed by atoms with Crippen LogP contribution in [-0.4, -0.2) is 40.2 Å². The second kappa shape index (κ2) is 7.75. The Morgan fingerprint density at radius 1 is 0.862 bits per heavy atom. The van der Waals surface area contributed by atoms with Crippen molar-refractivity contribution in [1.29, 1.82) is 0 Å². The van der Waals surface area contributed by atoms with Crippen LogP contribution < -0.4 is 0 Å². The van der Waals surface area contributed by atoms with Crippen LogP contribution in [0.15, 0.2) is 67.8 Å². The topological polar surface area (TPSA) is 81.6 Å². The molecular formula is C22H26N6O. The van der Waals surface area contributed by atoms with Crippen molar-refractivity contribution in [2.45, 2.75) is 45.4 Å². The summed E-state index contributed by atoms with van der Waals surface area (Å²) in [5.41, 5.74) is -0.279. The first-order valence-electron chi connectivity index (χ1n) is 9.80. The minimum atomic E-state index is -1.02. The summed E-state index contributed by atoms with van der Waals surface area (Å²) >= 11 is 0. The van der Waals surface area contributed by atoms with Gasteiger partial charge in [0.05, 0.1) is 18.7 Å². The molecule has 2 heterocycles. The lowest BCUT2D eigenvalue weighted by Gasteiger charge is -2.42. The Morgan fingerprint density at radius 2 is 1.52 bits per heavy atom. The lowest BCUT2D eigenvalue weighted by Crippen LogP contribution is -2.50. The zero-order chi connectivity index (χ0) is 20.3. The Hall–Kier alpha value is -3.06. The molecule has 1 unspecified atom stereocenters. The second-order valence-corrected chi connectivity index (χ2v) is 8.28. The number of rotatable bonds is 8. The van der Waals surface area contributed by atoms with Crippen LogP contribution in [0.5, 0.6) is 0 Å². The van der Waals surface area contributed by atoms with Crippen LogP contribution in [0.2, 0.25) is 0 Å². The van der Waals surface area contributed by atoms with E-state index in [0.29, 0.717) is 19.5 Å². The fourth-order valence-electron chi connectivity index (χ4n) is 3.83. The summed E-state index contributed by atoms with van der Waals surface area (Å²) < 4.78 is 3.46. The van der Waals surface area contributed by atoms with Gasteiger partial charge in [-0.05, 0) is 29.2 Å². The van der Waals surface area contributed by atoms with Crippen LogP contribution >= 0.6 is 0 Å². The highest BCUT2D eigenvalue weighted by atomic mass is 16.3. The van der Waals surface area contributed by atoms with Gasteiger partial charge in [-0.15, -0.1) is 0 Å². The Labute approximate surface area is 170 Å². The number of aliphatic hydroxyl groups is 1. The summed E-state index contributed by atoms with van der Waals surface area (Å²) in [5.74, 6) is 0. The predicted molar refractivity (Wildman–Crippen MR) is 111 cm³/mol. The summed E-state index contributed by atoms with van der Waals surface area (Å²) in [4.78, 5) is 8.06. The highest BCUT2D eigenvalue weighted by Gasteiger charge is 2.44. The number of fused-ring (bicyclic) bond motifs is 1. The van der Waals surface area contributed by atoms with Crippen molar-refractivity contribution in [3.8, 4) is 0 Å². The van der Waals surface area contributed by atoms with E-state index < -0.39 is 11.0 Å². The smallest absolute Gasteiger partial charge is 0.137 e. The summed E-state index contributed by atoms with van der Waals surface area (Å²) in [6, 6.07) is 14.8. The van der Waals surface area contributed by atoms with Crippen molar-refractivity contribution >= 4 is 10.8 Å². The van der Waals surface area contributed by atoms with E-state index in [-0.39, 0.29) is 0 Å². The quantitative estimate of drug-likeness (QED) is 0.500. The van der Waals surface area contributed by atoms with E-state index in [1.165, 1.54) is 29.0 Å². The fourth-order valence-corrected chi connectivity index (χ4v) is 3.83. The minimum absolute atomic E-state index is 0.363. The molecule has 0 spiro atoms. The van der Waals surface area contributed by atoms with Crippen molar-refractivity contribution < 1.29 is 5.11 Å². The van der Waals surface area contributed by atoms with Crippen molar-refractivity contribution in [2.75, 3.05) is 0 Å². The van der Waals surface area contributed by atoms with Gasteiger partial charge in [0.1, 0.15) is 25.3 Å². The molecule has 0 saturated carbocycles. The largest absolute Gasteiger partial charge is 0.387 e. The zero-order valence-corrected chi connectivity index (χ0v) is 16.8. The van der Waals surface area contributed by atoms with Crippen molar-refractivity contribution in [3.05, 3.63) is 73.3 Å². The zero-order valence-electron chi connectivity index (χ0n) is 16.8. The molecule has 29 heavy (non-hydrogen) atoms. The van der Waals surface area contributed by atoms with Gasteiger partial charge < -0.3 is 5.11 Å². The lowest BCUT2D eigenvalue weighted by atomic mass is 9.71. The maximum atomic E-state index is 11.8. The van der Waals surface area contributed by atoms with Gasteiger partial charge in [0.25, 0.3) is 0 Å². The third-order valence-electron chi connectivity index (χ3n) is 5.81. The third-order valence-corrected chi connectivity index (χ3v) is 5.81. The standard InChI is InChI=1S/C22H26N6O/c1-21(2,12-27-16-23-14-25-27)22(29,13-28-17-24-15-26-28)10-9-18-7-8-19-5-3-4-6-20(19)11-18/h3-8,11,14-17,29H,9-10,12-13H2,1-2H3. The predicted octanol–water partition coefficient (Wildman–Crippen LogP) is 3.11. The van der Waals surface area contributed by atoms with Crippen LogP contribution in [0.4, 0.5) is 0 Å². The molecule has 0 radical (unpaired) electrons. The monoisotopic (exact) mass is 390 g/mol. The summed E-state index contributed by atoms with van der Waals surface area (Å²) in [6.07, 6.45) is 7.69. The van der Waals surface area contributed by atoms with Crippen LogP contribution in [-0.2, 0) is 19.5 Å². The highest BCUT2D eigenvalue weighted by Crippen LogP contribution is 2.38. The number of nitrogens with zero attached hydrogens (tertiary/aromatic N) is 6. The van der Waals surface area contributed by atoms with Crippen LogP contribution in [0, 0.1) is 5.41 Å². The van der Waals surface area contributed by atoms with E-state index >= 15 is 0 Å². The van der Waals surface area contributed by atoms with Crippen LogP contribution in [0.3, 0.4) is 0 Å². The molecule has 2 aromatic carbocycles. The number of aryl methyl sites for hydroxylation is 1. The first-order valence-corrected chi connectivity index (χ1v) is 9.80. The summed E-state index contributed by atoms with van der Waals surface area (Å²) in [5, 5.41) is 22.7. The Bertz CT molecular complexity index is 1060. The van der Waals surface area contributed by atoms with Gasteiger partial charge in [0.2, 0.25) is 0 Å². The highest BCUT2D eigenvalue weighted by molar-refractivity contribution is 5.82. The Kier molecular flexibility index (Phi) is 5.15. The van der Waals surface area contributed by atoms with Crippen molar-refractivity contribution in [2.24, 2.45) is 5.41 Å². The number of benzene rings is 2. The molecule has 150 valence electrons. The maximum Gasteiger partial charge on any atom is 0.137 e. The molecule has 2 aromatic heterocycles. The summed E-state index contributed by atoms with van der Waals surface area (Å²) in [6.45, 7) is 5.04. The van der Waals surface area contributed by atoms with Gasteiger partial charge in [-0.3, -0.25) is 9.36 Å². The molecule has 0 fully saturated rings. The van der Waals surface area contributed by atoms with E-state index in [4.69, 9.17) is 0 Å². The average molecular weight is 390 g/mol. The van der Waals surface area contributed by atoms with E-state index in [1.807, 2.05) is 12.1 Å². The van der Waals surface area contributed by atoms with Gasteiger partial charge in [-0.25, -0.2) is 9.97 Å². The second-order valence-electron chi connectivity index (χ2n) is 8.28. The molecule has 7 nitrogen and oxygen atoms in total. The fraction of sp³-hybridized carbons (Fsp3) is 0.364. The normalized spacial score (nSPS) is 14.2. The molecule has 1 N–H and O–H groups in total. The molecule has 0 aliphatic heterocycles. The van der Waals surface area contributed by atoms with E-state index in [0.717, 1.165) is 6.42 Å². The number of aromatic nitrogens is 6. The van der Waals surface area contributed by atoms with Crippen molar-refractivity contribution in [1.82, 2.24) is 29.5 Å². The molecule has 0 amide bonds. The molecule has 0 bridgehead atoms. The minimum Gasteiger partial charge on any atom is -0.387 e. The van der Waals surface area contributed by atoms with E-state index in [9.17, 15) is 5.11 Å². The van der Waals surface area contributed by atoms with Crippen molar-refractivity contribution in [3.63, 3.8) is 0 Å². The molecule has 1 atom stereocenters. The molecule has 7 heteroatoms. The Balaban J connectivity index is 1.58. The lowest BCUT2D eigenvalue weighted by molar-refractivity contribution is -0.0970. The SMILES string of the molecule is CC(C)(Cn1cncn1)C(O)(CCc1ccc2ccccc2c1)Cn1cncn1. The number of hydrogen-bond donors (Lipinski definition) is 1. The maximum absolute atomic E-state index is 11.8. The van der Waals surface area contributed by atoms with Gasteiger partial charge in [-0.1, -0.05) is 56.3 Å². The molecule has 0 aliphatic carbocycles. The first kappa shape index (κ1) is 19.3. The molecular weight excluding hydrogens is 364 g/mol. The first-order chi connectivity index (χ1) is 14.0. The van der Waals surface area contributed by atoms with Crippen LogP contribution in [0.1, 0.15) is 25.8 Å². The molecule has 4 rings (SSSR count). The van der Waals surface area contributed by atoms with Gasteiger partial charge >= 0.3 is 0 Å². The Morgan fingerprint density at radius 3 is 2.17 bits per heavy atom. The van der Waals surface area contributed by atoms with Gasteiger partial charge in [0, 0.05) is 5.41 Å². The van der Waals surface area contributed by atoms with E-state index in [2.05, 4.69) is 64.3 Å². The van der Waals surface area contributed by atoms with Gasteiger partial charge in [0.15, 0.2) is 0 Å². The van der Waals surface area contributed by atoms with Crippen LogP contribution in [0.25, 0.3) is 10.8 Å².